The Labute approximate surface area is 137 Å². The lowest BCUT2D eigenvalue weighted by atomic mass is 9.81. The molecule has 0 saturated heterocycles. The van der Waals surface area contributed by atoms with E-state index in [1.54, 1.807) is 22.9 Å². The minimum atomic E-state index is -0.482. The smallest absolute Gasteiger partial charge is 0.230 e. The molecule has 2 N–H and O–H groups in total. The third kappa shape index (κ3) is 3.59. The van der Waals surface area contributed by atoms with E-state index in [1.165, 1.54) is 0 Å². The maximum Gasteiger partial charge on any atom is 0.230 e. The van der Waals surface area contributed by atoms with E-state index in [9.17, 15) is 4.79 Å². The highest BCUT2D eigenvalue weighted by Gasteiger charge is 2.35. The summed E-state index contributed by atoms with van der Waals surface area (Å²) in [6, 6.07) is 9.69. The second-order valence-corrected chi connectivity index (χ2v) is 5.81. The molecule has 1 aromatic carbocycles. The first-order valence-electron chi connectivity index (χ1n) is 7.98. The van der Waals surface area contributed by atoms with Gasteiger partial charge in [-0.2, -0.15) is 15.0 Å². The summed E-state index contributed by atoms with van der Waals surface area (Å²) in [5, 5.41) is 8.71. The molecule has 1 heterocycles. The van der Waals surface area contributed by atoms with Gasteiger partial charge in [-0.25, -0.2) is 0 Å². The highest BCUT2D eigenvalue weighted by atomic mass is 16.2. The van der Waals surface area contributed by atoms with Crippen LogP contribution in [0.25, 0.3) is 5.69 Å². The number of hydrogen-bond donors (Lipinski definition) is 1. The SMILES string of the molecule is CCC(CC)(CN)C(=O)N(C)Cc1cnn(-c2ccccc2)n1. The van der Waals surface area contributed by atoms with Gasteiger partial charge < -0.3 is 10.6 Å². The fraction of sp³-hybridized carbons (Fsp3) is 0.471. The number of aromatic nitrogens is 3. The number of nitrogens with two attached hydrogens (primary N) is 1. The van der Waals surface area contributed by atoms with Crippen molar-refractivity contribution in [3.05, 3.63) is 42.2 Å². The standard InChI is InChI=1S/C17H25N5O/c1-4-17(5-2,13-18)16(23)21(3)12-14-11-19-22(20-14)15-9-7-6-8-10-15/h6-11H,4-5,12-13,18H2,1-3H3. The number of rotatable bonds is 7. The van der Waals surface area contributed by atoms with Gasteiger partial charge in [-0.15, -0.1) is 0 Å². The van der Waals surface area contributed by atoms with Gasteiger partial charge in [-0.3, -0.25) is 4.79 Å². The van der Waals surface area contributed by atoms with Crippen LogP contribution >= 0.6 is 0 Å². The molecule has 0 atom stereocenters. The van der Waals surface area contributed by atoms with Gasteiger partial charge in [0.15, 0.2) is 0 Å². The van der Waals surface area contributed by atoms with Gasteiger partial charge in [0.1, 0.15) is 5.69 Å². The summed E-state index contributed by atoms with van der Waals surface area (Å²) in [7, 11) is 1.79. The molecule has 0 bridgehead atoms. The molecule has 1 aromatic heterocycles. The zero-order chi connectivity index (χ0) is 16.9. The van der Waals surface area contributed by atoms with Crippen LogP contribution in [0.5, 0.6) is 0 Å². The van der Waals surface area contributed by atoms with E-state index in [0.29, 0.717) is 13.1 Å². The first-order chi connectivity index (χ1) is 11.1. The number of amides is 1. The fourth-order valence-corrected chi connectivity index (χ4v) is 2.70. The molecule has 6 heteroatoms. The molecule has 0 aliphatic heterocycles. The van der Waals surface area contributed by atoms with Crippen molar-refractivity contribution >= 4 is 5.91 Å². The first kappa shape index (κ1) is 17.1. The van der Waals surface area contributed by atoms with E-state index in [1.807, 2.05) is 44.2 Å². The largest absolute Gasteiger partial charge is 0.339 e. The predicted molar refractivity (Wildman–Crippen MR) is 89.9 cm³/mol. The second-order valence-electron chi connectivity index (χ2n) is 5.81. The van der Waals surface area contributed by atoms with E-state index in [4.69, 9.17) is 5.73 Å². The predicted octanol–water partition coefficient (Wildman–Crippen LogP) is 1.99. The summed E-state index contributed by atoms with van der Waals surface area (Å²) < 4.78 is 0. The normalized spacial score (nSPS) is 11.5. The Balaban J connectivity index is 2.10. The summed E-state index contributed by atoms with van der Waals surface area (Å²) in [5.74, 6) is 0.0688. The Hall–Kier alpha value is -2.21. The van der Waals surface area contributed by atoms with Crippen molar-refractivity contribution < 1.29 is 4.79 Å². The average Bonchev–Trinajstić information content (AvgIpc) is 3.06. The third-order valence-electron chi connectivity index (χ3n) is 4.47. The van der Waals surface area contributed by atoms with Gasteiger partial charge in [0.25, 0.3) is 0 Å². The van der Waals surface area contributed by atoms with Gasteiger partial charge in [0.2, 0.25) is 5.91 Å². The molecule has 0 aliphatic carbocycles. The summed E-state index contributed by atoms with van der Waals surface area (Å²) in [5.41, 5.74) is 7.03. The summed E-state index contributed by atoms with van der Waals surface area (Å²) in [6.45, 7) is 4.80. The zero-order valence-electron chi connectivity index (χ0n) is 14.1. The molecule has 2 aromatic rings. The minimum Gasteiger partial charge on any atom is -0.339 e. The Morgan fingerprint density at radius 2 is 1.91 bits per heavy atom. The Bertz CT molecular complexity index is 625. The summed E-state index contributed by atoms with van der Waals surface area (Å²) in [6.07, 6.45) is 3.17. The number of para-hydroxylation sites is 1. The minimum absolute atomic E-state index is 0.0688. The second kappa shape index (κ2) is 7.37. The van der Waals surface area contributed by atoms with Crippen LogP contribution in [0.2, 0.25) is 0 Å². The molecule has 0 aliphatic rings. The Morgan fingerprint density at radius 1 is 1.26 bits per heavy atom. The molecule has 0 spiro atoms. The van der Waals surface area contributed by atoms with E-state index in [2.05, 4.69) is 10.2 Å². The first-order valence-corrected chi connectivity index (χ1v) is 7.98. The van der Waals surface area contributed by atoms with Crippen molar-refractivity contribution in [2.75, 3.05) is 13.6 Å². The van der Waals surface area contributed by atoms with Gasteiger partial charge >= 0.3 is 0 Å². The maximum atomic E-state index is 12.7. The van der Waals surface area contributed by atoms with Crippen molar-refractivity contribution in [1.29, 1.82) is 0 Å². The molecule has 1 amide bonds. The molecular formula is C17H25N5O. The molecule has 6 nitrogen and oxygen atoms in total. The molecule has 0 saturated carbocycles. The monoisotopic (exact) mass is 315 g/mol. The molecule has 124 valence electrons. The zero-order valence-corrected chi connectivity index (χ0v) is 14.1. The fourth-order valence-electron chi connectivity index (χ4n) is 2.70. The number of benzene rings is 1. The van der Waals surface area contributed by atoms with Crippen LogP contribution in [-0.2, 0) is 11.3 Å². The van der Waals surface area contributed by atoms with Crippen LogP contribution in [0.3, 0.4) is 0 Å². The molecular weight excluding hydrogens is 290 g/mol. The van der Waals surface area contributed by atoms with E-state index in [0.717, 1.165) is 24.2 Å². The molecule has 0 unspecified atom stereocenters. The number of carbonyl (C=O) groups excluding carboxylic acids is 1. The number of carbonyl (C=O) groups is 1. The highest BCUT2D eigenvalue weighted by Crippen LogP contribution is 2.27. The van der Waals surface area contributed by atoms with Crippen molar-refractivity contribution in [2.24, 2.45) is 11.1 Å². The van der Waals surface area contributed by atoms with Gasteiger partial charge in [-0.1, -0.05) is 32.0 Å². The highest BCUT2D eigenvalue weighted by molar-refractivity contribution is 5.82. The van der Waals surface area contributed by atoms with E-state index >= 15 is 0 Å². The lowest BCUT2D eigenvalue weighted by Crippen LogP contribution is -2.45. The van der Waals surface area contributed by atoms with Crippen LogP contribution in [-0.4, -0.2) is 39.4 Å². The van der Waals surface area contributed by atoms with Crippen LogP contribution in [0.15, 0.2) is 36.5 Å². The van der Waals surface area contributed by atoms with Gasteiger partial charge in [0, 0.05) is 13.6 Å². The maximum absolute atomic E-state index is 12.7. The summed E-state index contributed by atoms with van der Waals surface area (Å²) >= 11 is 0. The van der Waals surface area contributed by atoms with Crippen LogP contribution in [0.4, 0.5) is 0 Å². The topological polar surface area (TPSA) is 77.0 Å². The van der Waals surface area contributed by atoms with Crippen molar-refractivity contribution in [2.45, 2.75) is 33.2 Å². The lowest BCUT2D eigenvalue weighted by molar-refractivity contribution is -0.141. The Morgan fingerprint density at radius 3 is 2.48 bits per heavy atom. The van der Waals surface area contributed by atoms with Crippen molar-refractivity contribution in [3.8, 4) is 5.69 Å². The Kier molecular flexibility index (Phi) is 5.50. The molecule has 0 radical (unpaired) electrons. The van der Waals surface area contributed by atoms with Crippen molar-refractivity contribution in [1.82, 2.24) is 19.9 Å². The van der Waals surface area contributed by atoms with Crippen LogP contribution in [0, 0.1) is 5.41 Å². The van der Waals surface area contributed by atoms with Crippen LogP contribution in [0.1, 0.15) is 32.4 Å². The van der Waals surface area contributed by atoms with Crippen molar-refractivity contribution in [3.63, 3.8) is 0 Å². The lowest BCUT2D eigenvalue weighted by Gasteiger charge is -2.32. The molecule has 23 heavy (non-hydrogen) atoms. The van der Waals surface area contributed by atoms with E-state index in [-0.39, 0.29) is 5.91 Å². The summed E-state index contributed by atoms with van der Waals surface area (Å²) in [4.78, 5) is 16.0. The van der Waals surface area contributed by atoms with Gasteiger partial charge in [-0.05, 0) is 25.0 Å². The number of nitrogens with zero attached hydrogens (tertiary/aromatic N) is 4. The van der Waals surface area contributed by atoms with Gasteiger partial charge in [0.05, 0.1) is 23.8 Å². The van der Waals surface area contributed by atoms with E-state index < -0.39 is 5.41 Å². The number of hydrogen-bond acceptors (Lipinski definition) is 4. The average molecular weight is 315 g/mol. The quantitative estimate of drug-likeness (QED) is 0.847. The molecule has 2 rings (SSSR count). The van der Waals surface area contributed by atoms with Crippen LogP contribution < -0.4 is 5.73 Å². The third-order valence-corrected chi connectivity index (χ3v) is 4.47. The molecule has 0 fully saturated rings.